The van der Waals surface area contributed by atoms with Crippen LogP contribution < -0.4 is 4.74 Å². The molecule has 0 unspecified atom stereocenters. The van der Waals surface area contributed by atoms with E-state index in [0.29, 0.717) is 13.0 Å². The largest absolute Gasteiger partial charge is 0.493 e. The summed E-state index contributed by atoms with van der Waals surface area (Å²) in [4.78, 5) is 15.5. The quantitative estimate of drug-likeness (QED) is 0.830. The van der Waals surface area contributed by atoms with Gasteiger partial charge in [-0.2, -0.15) is 0 Å². The van der Waals surface area contributed by atoms with Crippen molar-refractivity contribution in [2.24, 2.45) is 0 Å². The van der Waals surface area contributed by atoms with Crippen LogP contribution in [0, 0.1) is 13.8 Å². The highest BCUT2D eigenvalue weighted by molar-refractivity contribution is 7.12. The van der Waals surface area contributed by atoms with E-state index in [1.54, 1.807) is 12.3 Å². The minimum absolute atomic E-state index is 0.554. The summed E-state index contributed by atoms with van der Waals surface area (Å²) in [5.41, 5.74) is 2.46. The normalized spacial score (nSPS) is 11.0. The lowest BCUT2D eigenvalue weighted by Gasteiger charge is -2.07. The molecule has 0 radical (unpaired) electrons. The molecule has 0 saturated heterocycles. The summed E-state index contributed by atoms with van der Waals surface area (Å²) < 4.78 is 5.71. The lowest BCUT2D eigenvalue weighted by molar-refractivity contribution is -0.131. The highest BCUT2D eigenvalue weighted by atomic mass is 32.1. The summed E-state index contributed by atoms with van der Waals surface area (Å²) >= 11 is 1.47. The molecule has 0 bridgehead atoms. The smallest absolute Gasteiger partial charge is 0.328 e. The average Bonchev–Trinajstić information content (AvgIpc) is 2.88. The zero-order valence-electron chi connectivity index (χ0n) is 12.0. The number of carboxylic acid groups (broad SMARTS) is 1. The second-order valence-corrected chi connectivity index (χ2v) is 5.82. The van der Waals surface area contributed by atoms with Crippen LogP contribution in [0.3, 0.4) is 0 Å². The molecule has 1 aromatic carbocycles. The molecule has 0 aliphatic carbocycles. The molecule has 21 heavy (non-hydrogen) atoms. The standard InChI is InChI=1S/C16H17NO3S/c1-11-3-4-13(9-12(11)2)20-8-7-15-17-10-14(21-15)5-6-16(18)19/h3-6,9-10H,7-8H2,1-2H3,(H,18,19)/b6-5+. The van der Waals surface area contributed by atoms with Gasteiger partial charge in [-0.25, -0.2) is 9.78 Å². The molecule has 0 fully saturated rings. The van der Waals surface area contributed by atoms with E-state index in [4.69, 9.17) is 9.84 Å². The molecule has 2 rings (SSSR count). The van der Waals surface area contributed by atoms with Crippen LogP contribution in [0.5, 0.6) is 5.75 Å². The van der Waals surface area contributed by atoms with Gasteiger partial charge in [0, 0.05) is 23.6 Å². The van der Waals surface area contributed by atoms with E-state index in [0.717, 1.165) is 21.7 Å². The fraction of sp³-hybridized carbons (Fsp3) is 0.250. The summed E-state index contributed by atoms with van der Waals surface area (Å²) in [7, 11) is 0. The highest BCUT2D eigenvalue weighted by Crippen LogP contribution is 2.18. The number of carbonyl (C=O) groups is 1. The molecule has 0 spiro atoms. The minimum atomic E-state index is -0.956. The first-order chi connectivity index (χ1) is 10.0. The van der Waals surface area contributed by atoms with E-state index in [2.05, 4.69) is 18.8 Å². The molecule has 0 amide bonds. The van der Waals surface area contributed by atoms with Gasteiger partial charge in [-0.3, -0.25) is 0 Å². The van der Waals surface area contributed by atoms with Crippen LogP contribution in [0.4, 0.5) is 0 Å². The molecule has 110 valence electrons. The van der Waals surface area contributed by atoms with Crippen LogP contribution in [-0.2, 0) is 11.2 Å². The Bertz CT molecular complexity index is 661. The minimum Gasteiger partial charge on any atom is -0.493 e. The average molecular weight is 303 g/mol. The maximum atomic E-state index is 10.4. The fourth-order valence-electron chi connectivity index (χ4n) is 1.73. The lowest BCUT2D eigenvalue weighted by Crippen LogP contribution is -2.01. The van der Waals surface area contributed by atoms with Gasteiger partial charge in [-0.1, -0.05) is 6.07 Å². The number of aliphatic carboxylic acids is 1. The van der Waals surface area contributed by atoms with Crippen LogP contribution in [0.25, 0.3) is 6.08 Å². The molecule has 1 aromatic heterocycles. The van der Waals surface area contributed by atoms with E-state index < -0.39 is 5.97 Å². The Morgan fingerprint density at radius 2 is 2.19 bits per heavy atom. The second kappa shape index (κ2) is 7.04. The van der Waals surface area contributed by atoms with Gasteiger partial charge in [0.05, 0.1) is 11.6 Å². The van der Waals surface area contributed by atoms with Crippen molar-refractivity contribution in [2.75, 3.05) is 6.61 Å². The number of aryl methyl sites for hydroxylation is 2. The van der Waals surface area contributed by atoms with E-state index in [1.807, 2.05) is 18.2 Å². The predicted molar refractivity (Wildman–Crippen MR) is 83.9 cm³/mol. The number of carboxylic acids is 1. The molecule has 1 heterocycles. The van der Waals surface area contributed by atoms with E-state index >= 15 is 0 Å². The topological polar surface area (TPSA) is 59.4 Å². The van der Waals surface area contributed by atoms with Gasteiger partial charge in [0.1, 0.15) is 5.75 Å². The van der Waals surface area contributed by atoms with Crippen LogP contribution in [0.15, 0.2) is 30.5 Å². The number of benzene rings is 1. The van der Waals surface area contributed by atoms with Gasteiger partial charge >= 0.3 is 5.97 Å². The third kappa shape index (κ3) is 4.72. The number of aromatic nitrogens is 1. The van der Waals surface area contributed by atoms with Crippen LogP contribution >= 0.6 is 11.3 Å². The maximum Gasteiger partial charge on any atom is 0.328 e. The van der Waals surface area contributed by atoms with Crippen molar-refractivity contribution in [3.63, 3.8) is 0 Å². The third-order valence-corrected chi connectivity index (χ3v) is 4.05. The van der Waals surface area contributed by atoms with Crippen molar-refractivity contribution in [1.29, 1.82) is 0 Å². The highest BCUT2D eigenvalue weighted by Gasteiger charge is 2.02. The molecule has 0 aliphatic rings. The van der Waals surface area contributed by atoms with Crippen molar-refractivity contribution in [2.45, 2.75) is 20.3 Å². The van der Waals surface area contributed by atoms with Crippen molar-refractivity contribution in [1.82, 2.24) is 4.98 Å². The Kier molecular flexibility index (Phi) is 5.11. The Morgan fingerprint density at radius 1 is 1.38 bits per heavy atom. The fourth-order valence-corrected chi connectivity index (χ4v) is 2.53. The Morgan fingerprint density at radius 3 is 2.90 bits per heavy atom. The van der Waals surface area contributed by atoms with Gasteiger partial charge in [0.2, 0.25) is 0 Å². The lowest BCUT2D eigenvalue weighted by atomic mass is 10.1. The number of rotatable bonds is 6. The Hall–Kier alpha value is -2.14. The van der Waals surface area contributed by atoms with Gasteiger partial charge < -0.3 is 9.84 Å². The first kappa shape index (κ1) is 15.3. The van der Waals surface area contributed by atoms with Crippen LogP contribution in [0.2, 0.25) is 0 Å². The summed E-state index contributed by atoms with van der Waals surface area (Å²) in [6.07, 6.45) is 5.05. The molecule has 1 N–H and O–H groups in total. The van der Waals surface area contributed by atoms with Crippen molar-refractivity contribution >= 4 is 23.4 Å². The van der Waals surface area contributed by atoms with E-state index in [1.165, 1.54) is 22.5 Å². The number of hydrogen-bond acceptors (Lipinski definition) is 4. The molecular weight excluding hydrogens is 286 g/mol. The van der Waals surface area contributed by atoms with Crippen molar-refractivity contribution in [3.8, 4) is 5.75 Å². The summed E-state index contributed by atoms with van der Waals surface area (Å²) in [5, 5.41) is 9.50. The van der Waals surface area contributed by atoms with E-state index in [-0.39, 0.29) is 0 Å². The zero-order chi connectivity index (χ0) is 15.2. The summed E-state index contributed by atoms with van der Waals surface area (Å²) in [5.74, 6) is -0.0938. The first-order valence-electron chi connectivity index (χ1n) is 6.60. The van der Waals surface area contributed by atoms with Gasteiger partial charge in [0.25, 0.3) is 0 Å². The number of ether oxygens (including phenoxy) is 1. The monoisotopic (exact) mass is 303 g/mol. The first-order valence-corrected chi connectivity index (χ1v) is 7.42. The number of hydrogen-bond donors (Lipinski definition) is 1. The van der Waals surface area contributed by atoms with Gasteiger partial charge in [0.15, 0.2) is 0 Å². The third-order valence-electron chi connectivity index (χ3n) is 3.02. The van der Waals surface area contributed by atoms with Crippen molar-refractivity contribution in [3.05, 3.63) is 51.5 Å². The number of nitrogens with zero attached hydrogens (tertiary/aromatic N) is 1. The summed E-state index contributed by atoms with van der Waals surface area (Å²) in [6.45, 7) is 4.68. The van der Waals surface area contributed by atoms with Gasteiger partial charge in [-0.15, -0.1) is 11.3 Å². The van der Waals surface area contributed by atoms with Crippen molar-refractivity contribution < 1.29 is 14.6 Å². The van der Waals surface area contributed by atoms with Gasteiger partial charge in [-0.05, 0) is 43.2 Å². The number of thiazole rings is 1. The molecular formula is C16H17NO3S. The van der Waals surface area contributed by atoms with Crippen LogP contribution in [-0.4, -0.2) is 22.7 Å². The molecule has 5 heteroatoms. The summed E-state index contributed by atoms with van der Waals surface area (Å²) in [6, 6.07) is 6.03. The Labute approximate surface area is 127 Å². The zero-order valence-corrected chi connectivity index (χ0v) is 12.8. The maximum absolute atomic E-state index is 10.4. The molecule has 0 atom stereocenters. The predicted octanol–water partition coefficient (Wildman–Crippen LogP) is 3.48. The molecule has 4 nitrogen and oxygen atoms in total. The molecule has 0 saturated carbocycles. The SMILES string of the molecule is Cc1ccc(OCCc2ncc(/C=C/C(=O)O)s2)cc1C. The van der Waals surface area contributed by atoms with Crippen LogP contribution in [0.1, 0.15) is 21.0 Å². The Balaban J connectivity index is 1.86. The second-order valence-electron chi connectivity index (χ2n) is 4.67. The molecule has 2 aromatic rings. The molecule has 0 aliphatic heterocycles. The van der Waals surface area contributed by atoms with E-state index in [9.17, 15) is 4.79 Å².